The van der Waals surface area contributed by atoms with Gasteiger partial charge in [0.2, 0.25) is 0 Å². The van der Waals surface area contributed by atoms with Gasteiger partial charge in [0.15, 0.2) is 0 Å². The van der Waals surface area contributed by atoms with Crippen LogP contribution in [0.4, 0.5) is 17.6 Å². The van der Waals surface area contributed by atoms with E-state index in [1.165, 1.54) is 4.90 Å². The highest BCUT2D eigenvalue weighted by Crippen LogP contribution is 2.32. The van der Waals surface area contributed by atoms with Crippen LogP contribution in [0.25, 0.3) is 0 Å². The lowest BCUT2D eigenvalue weighted by molar-refractivity contribution is -0.140. The van der Waals surface area contributed by atoms with Crippen LogP contribution in [0.2, 0.25) is 0 Å². The van der Waals surface area contributed by atoms with Gasteiger partial charge in [0.25, 0.3) is 5.91 Å². The number of amides is 1. The van der Waals surface area contributed by atoms with Crippen molar-refractivity contribution in [2.45, 2.75) is 19.0 Å². The average molecular weight is 324 g/mol. The second kappa shape index (κ2) is 6.22. The summed E-state index contributed by atoms with van der Waals surface area (Å²) in [5, 5.41) is 0. The first-order chi connectivity index (χ1) is 9.82. The number of hydrogen-bond donors (Lipinski definition) is 0. The van der Waals surface area contributed by atoms with Crippen molar-refractivity contribution >= 4 is 17.5 Å². The van der Waals surface area contributed by atoms with Crippen LogP contribution in [0.15, 0.2) is 18.2 Å². The number of piperidine rings is 1. The summed E-state index contributed by atoms with van der Waals surface area (Å²) in [7, 11) is 0. The lowest BCUT2D eigenvalue weighted by Crippen LogP contribution is -2.40. The maximum atomic E-state index is 13.2. The highest BCUT2D eigenvalue weighted by Gasteiger charge is 2.35. The number of nitrogens with zero attached hydrogens (tertiary/aromatic N) is 1. The summed E-state index contributed by atoms with van der Waals surface area (Å²) in [6.07, 6.45) is -3.16. The molecule has 0 spiro atoms. The molecule has 0 bridgehead atoms. The van der Waals surface area contributed by atoms with Gasteiger partial charge >= 0.3 is 6.18 Å². The number of carbonyl (C=O) groups is 1. The van der Waals surface area contributed by atoms with E-state index in [1.807, 2.05) is 0 Å². The van der Waals surface area contributed by atoms with Crippen LogP contribution < -0.4 is 0 Å². The van der Waals surface area contributed by atoms with Crippen LogP contribution in [0.1, 0.15) is 28.8 Å². The number of halogens is 5. The van der Waals surface area contributed by atoms with Crippen LogP contribution in [-0.2, 0) is 6.18 Å². The van der Waals surface area contributed by atoms with Gasteiger partial charge in [-0.05, 0) is 37.0 Å². The molecule has 1 aromatic rings. The van der Waals surface area contributed by atoms with Gasteiger partial charge in [-0.1, -0.05) is 0 Å². The second-order valence-corrected chi connectivity index (χ2v) is 5.41. The van der Waals surface area contributed by atoms with Crippen molar-refractivity contribution in [3.05, 3.63) is 35.1 Å². The Kier molecular flexibility index (Phi) is 4.76. The Bertz CT molecular complexity index is 532. The van der Waals surface area contributed by atoms with Crippen molar-refractivity contribution in [2.24, 2.45) is 5.92 Å². The van der Waals surface area contributed by atoms with Crippen molar-refractivity contribution in [3.8, 4) is 0 Å². The van der Waals surface area contributed by atoms with Gasteiger partial charge in [-0.2, -0.15) is 13.2 Å². The van der Waals surface area contributed by atoms with Crippen LogP contribution in [0.5, 0.6) is 0 Å². The van der Waals surface area contributed by atoms with Crippen molar-refractivity contribution < 1.29 is 22.4 Å². The first-order valence-electron chi connectivity index (χ1n) is 6.55. The van der Waals surface area contributed by atoms with E-state index in [0.717, 1.165) is 18.9 Å². The van der Waals surface area contributed by atoms with Crippen LogP contribution in [0, 0.1) is 11.7 Å². The molecule has 0 N–H and O–H groups in total. The third-order valence-corrected chi connectivity index (χ3v) is 3.98. The molecule has 0 aromatic heterocycles. The first-order valence-corrected chi connectivity index (χ1v) is 7.08. The molecule has 0 saturated carbocycles. The molecule has 1 aromatic carbocycles. The Labute approximate surface area is 124 Å². The molecular weight excluding hydrogens is 310 g/mol. The minimum Gasteiger partial charge on any atom is -0.338 e. The van der Waals surface area contributed by atoms with Crippen LogP contribution >= 0.6 is 11.6 Å². The summed E-state index contributed by atoms with van der Waals surface area (Å²) in [4.78, 5) is 13.7. The van der Waals surface area contributed by atoms with Crippen molar-refractivity contribution in [3.63, 3.8) is 0 Å². The summed E-state index contributed by atoms with van der Waals surface area (Å²) < 4.78 is 51.2. The molecular formula is C14H14ClF4NO. The lowest BCUT2D eigenvalue weighted by atomic mass is 9.99. The number of carbonyl (C=O) groups excluding carboxylic acids is 1. The number of hydrogen-bond acceptors (Lipinski definition) is 1. The van der Waals surface area contributed by atoms with Gasteiger partial charge in [-0.25, -0.2) is 4.39 Å². The van der Waals surface area contributed by atoms with Crippen molar-refractivity contribution in [1.82, 2.24) is 4.90 Å². The summed E-state index contributed by atoms with van der Waals surface area (Å²) in [5.41, 5.74) is -1.57. The maximum Gasteiger partial charge on any atom is 0.419 e. The largest absolute Gasteiger partial charge is 0.419 e. The SMILES string of the molecule is O=C(c1ccc(F)c(C(F)(F)F)c1)N1CCCC(CCl)C1. The van der Waals surface area contributed by atoms with E-state index in [0.29, 0.717) is 31.1 Å². The minimum absolute atomic E-state index is 0.145. The molecule has 1 unspecified atom stereocenters. The van der Waals surface area contributed by atoms with Gasteiger partial charge in [0, 0.05) is 24.5 Å². The predicted molar refractivity (Wildman–Crippen MR) is 70.7 cm³/mol. The van der Waals surface area contributed by atoms with Crippen molar-refractivity contribution in [2.75, 3.05) is 19.0 Å². The third kappa shape index (κ3) is 3.67. The Hall–Kier alpha value is -1.30. The average Bonchev–Trinajstić information content (AvgIpc) is 2.46. The molecule has 0 radical (unpaired) electrons. The summed E-state index contributed by atoms with van der Waals surface area (Å²) in [6, 6.07) is 2.33. The van der Waals surface area contributed by atoms with Gasteiger partial charge < -0.3 is 4.90 Å². The molecule has 116 valence electrons. The number of alkyl halides is 4. The normalized spacial score (nSPS) is 19.7. The fraction of sp³-hybridized carbons (Fsp3) is 0.500. The molecule has 1 aliphatic rings. The van der Waals surface area contributed by atoms with Crippen LogP contribution in [0.3, 0.4) is 0 Å². The van der Waals surface area contributed by atoms with Gasteiger partial charge in [0.1, 0.15) is 5.82 Å². The quantitative estimate of drug-likeness (QED) is 0.596. The Morgan fingerprint density at radius 1 is 1.38 bits per heavy atom. The van der Waals surface area contributed by atoms with E-state index >= 15 is 0 Å². The summed E-state index contributed by atoms with van der Waals surface area (Å²) in [5.74, 6) is -1.35. The lowest BCUT2D eigenvalue weighted by Gasteiger charge is -2.32. The maximum absolute atomic E-state index is 13.2. The zero-order valence-electron chi connectivity index (χ0n) is 11.1. The van der Waals surface area contributed by atoms with Gasteiger partial charge in [-0.15, -0.1) is 11.6 Å². The molecule has 21 heavy (non-hydrogen) atoms. The standard InChI is InChI=1S/C14H14ClF4NO/c15-7-9-2-1-5-20(8-9)13(21)10-3-4-12(16)11(6-10)14(17,18)19/h3-4,6,9H,1-2,5,7-8H2. The molecule has 1 aliphatic heterocycles. The molecule has 1 fully saturated rings. The summed E-state index contributed by atoms with van der Waals surface area (Å²) in [6.45, 7) is 0.895. The van der Waals surface area contributed by atoms with E-state index in [-0.39, 0.29) is 11.5 Å². The highest BCUT2D eigenvalue weighted by atomic mass is 35.5. The first kappa shape index (κ1) is 16.1. The fourth-order valence-corrected chi connectivity index (χ4v) is 2.69. The van der Waals surface area contributed by atoms with Crippen molar-refractivity contribution in [1.29, 1.82) is 0 Å². The monoisotopic (exact) mass is 323 g/mol. The molecule has 1 saturated heterocycles. The molecule has 1 amide bonds. The van der Waals surface area contributed by atoms with E-state index in [2.05, 4.69) is 0 Å². The molecule has 7 heteroatoms. The van der Waals surface area contributed by atoms with E-state index in [4.69, 9.17) is 11.6 Å². The fourth-order valence-electron chi connectivity index (χ4n) is 2.43. The number of rotatable bonds is 2. The van der Waals surface area contributed by atoms with Gasteiger partial charge in [-0.3, -0.25) is 4.79 Å². The Balaban J connectivity index is 2.23. The molecule has 1 atom stereocenters. The third-order valence-electron chi connectivity index (χ3n) is 3.54. The van der Waals surface area contributed by atoms with E-state index in [1.54, 1.807) is 0 Å². The zero-order valence-corrected chi connectivity index (χ0v) is 11.8. The zero-order chi connectivity index (χ0) is 15.6. The topological polar surface area (TPSA) is 20.3 Å². The highest BCUT2D eigenvalue weighted by molar-refractivity contribution is 6.18. The van der Waals surface area contributed by atoms with E-state index < -0.39 is 23.5 Å². The predicted octanol–water partition coefficient (Wildman–Crippen LogP) is 3.94. The van der Waals surface area contributed by atoms with Crippen LogP contribution in [-0.4, -0.2) is 29.8 Å². The second-order valence-electron chi connectivity index (χ2n) is 5.11. The summed E-state index contributed by atoms with van der Waals surface area (Å²) >= 11 is 5.77. The molecule has 0 aliphatic carbocycles. The Morgan fingerprint density at radius 2 is 2.10 bits per heavy atom. The molecule has 1 heterocycles. The van der Waals surface area contributed by atoms with E-state index in [9.17, 15) is 22.4 Å². The molecule has 2 rings (SSSR count). The Morgan fingerprint density at radius 3 is 2.71 bits per heavy atom. The number of benzene rings is 1. The van der Waals surface area contributed by atoms with Gasteiger partial charge in [0.05, 0.1) is 5.56 Å². The minimum atomic E-state index is -4.82. The smallest absolute Gasteiger partial charge is 0.338 e. The molecule has 2 nitrogen and oxygen atoms in total. The number of likely N-dealkylation sites (tertiary alicyclic amines) is 1.